The van der Waals surface area contributed by atoms with Crippen molar-refractivity contribution in [2.75, 3.05) is 0 Å². The van der Waals surface area contributed by atoms with Gasteiger partial charge in [-0.15, -0.1) is 0 Å². The maximum Gasteiger partial charge on any atom is 0.282 e. The summed E-state index contributed by atoms with van der Waals surface area (Å²) in [5.41, 5.74) is 0.877. The van der Waals surface area contributed by atoms with Crippen LogP contribution in [0.15, 0.2) is 54.6 Å². The van der Waals surface area contributed by atoms with E-state index >= 15 is 0 Å². The molecular formula is C16H16N2O3. The molecule has 0 aliphatic heterocycles. The molecule has 1 N–H and O–H groups in total. The van der Waals surface area contributed by atoms with Gasteiger partial charge in [-0.2, -0.15) is 0 Å². The van der Waals surface area contributed by atoms with Crippen molar-refractivity contribution in [3.05, 3.63) is 75.8 Å². The summed E-state index contributed by atoms with van der Waals surface area (Å²) in [6.07, 6.45) is 0.705. The van der Waals surface area contributed by atoms with Gasteiger partial charge in [-0.25, -0.2) is 0 Å². The van der Waals surface area contributed by atoms with Crippen molar-refractivity contribution in [3.8, 4) is 0 Å². The molecule has 2 aromatic carbocycles. The number of nitro benzene ring substituents is 1. The van der Waals surface area contributed by atoms with E-state index in [1.54, 1.807) is 12.1 Å². The molecule has 21 heavy (non-hydrogen) atoms. The van der Waals surface area contributed by atoms with Crippen LogP contribution in [-0.4, -0.2) is 10.8 Å². The Hall–Kier alpha value is -2.69. The van der Waals surface area contributed by atoms with E-state index < -0.39 is 10.8 Å². The molecule has 1 atom stereocenters. The molecule has 2 aromatic rings. The lowest BCUT2D eigenvalue weighted by molar-refractivity contribution is -0.385. The van der Waals surface area contributed by atoms with Crippen LogP contribution >= 0.6 is 0 Å². The van der Waals surface area contributed by atoms with Gasteiger partial charge in [-0.05, 0) is 18.1 Å². The fourth-order valence-electron chi connectivity index (χ4n) is 2.17. The minimum atomic E-state index is -0.543. The lowest BCUT2D eigenvalue weighted by Gasteiger charge is -2.17. The summed E-state index contributed by atoms with van der Waals surface area (Å²) in [6.45, 7) is 1.96. The van der Waals surface area contributed by atoms with Crippen LogP contribution in [0.1, 0.15) is 35.3 Å². The SMILES string of the molecule is CCC(NC(=O)c1ccccc1[N+](=O)[O-])c1ccccc1. The highest BCUT2D eigenvalue weighted by Crippen LogP contribution is 2.21. The molecule has 0 fully saturated rings. The molecule has 5 nitrogen and oxygen atoms in total. The number of rotatable bonds is 5. The van der Waals surface area contributed by atoms with E-state index in [0.29, 0.717) is 6.42 Å². The van der Waals surface area contributed by atoms with E-state index in [0.717, 1.165) is 5.56 Å². The van der Waals surface area contributed by atoms with Gasteiger partial charge in [-0.1, -0.05) is 49.4 Å². The minimum Gasteiger partial charge on any atom is -0.345 e. The summed E-state index contributed by atoms with van der Waals surface area (Å²) in [4.78, 5) is 22.7. The van der Waals surface area contributed by atoms with Crippen LogP contribution in [0.25, 0.3) is 0 Å². The van der Waals surface area contributed by atoms with Gasteiger partial charge in [0.15, 0.2) is 0 Å². The Morgan fingerprint density at radius 2 is 1.76 bits per heavy atom. The Morgan fingerprint density at radius 1 is 1.14 bits per heavy atom. The first-order valence-corrected chi connectivity index (χ1v) is 6.72. The van der Waals surface area contributed by atoms with Crippen molar-refractivity contribution < 1.29 is 9.72 Å². The molecule has 1 unspecified atom stereocenters. The highest BCUT2D eigenvalue weighted by molar-refractivity contribution is 5.98. The number of nitrogens with zero attached hydrogens (tertiary/aromatic N) is 1. The lowest BCUT2D eigenvalue weighted by atomic mass is 10.0. The number of hydrogen-bond donors (Lipinski definition) is 1. The Morgan fingerprint density at radius 3 is 2.38 bits per heavy atom. The van der Waals surface area contributed by atoms with E-state index in [1.807, 2.05) is 37.3 Å². The van der Waals surface area contributed by atoms with Gasteiger partial charge in [0.1, 0.15) is 5.56 Å². The number of nitro groups is 1. The second-order valence-electron chi connectivity index (χ2n) is 4.62. The summed E-state index contributed by atoms with van der Waals surface area (Å²) < 4.78 is 0. The number of amides is 1. The zero-order valence-corrected chi connectivity index (χ0v) is 11.7. The molecule has 0 spiro atoms. The van der Waals surface area contributed by atoms with Crippen LogP contribution in [0.3, 0.4) is 0 Å². The predicted molar refractivity (Wildman–Crippen MR) is 80.0 cm³/mol. The van der Waals surface area contributed by atoms with Crippen molar-refractivity contribution in [1.29, 1.82) is 0 Å². The topological polar surface area (TPSA) is 72.2 Å². The van der Waals surface area contributed by atoms with Gasteiger partial charge in [-0.3, -0.25) is 14.9 Å². The molecule has 0 bridgehead atoms. The predicted octanol–water partition coefficient (Wildman–Crippen LogP) is 3.48. The van der Waals surface area contributed by atoms with E-state index in [4.69, 9.17) is 0 Å². The van der Waals surface area contributed by atoms with Crippen LogP contribution < -0.4 is 5.32 Å². The van der Waals surface area contributed by atoms with Crippen molar-refractivity contribution in [3.63, 3.8) is 0 Å². The Bertz CT molecular complexity index is 641. The third kappa shape index (κ3) is 3.45. The normalized spacial score (nSPS) is 11.7. The number of carbonyl (C=O) groups excluding carboxylic acids is 1. The highest BCUT2D eigenvalue weighted by atomic mass is 16.6. The average Bonchev–Trinajstić information content (AvgIpc) is 2.53. The molecule has 5 heteroatoms. The Balaban J connectivity index is 2.23. The molecule has 1 amide bonds. The molecular weight excluding hydrogens is 268 g/mol. The first kappa shape index (κ1) is 14.7. The van der Waals surface area contributed by atoms with E-state index in [9.17, 15) is 14.9 Å². The first-order valence-electron chi connectivity index (χ1n) is 6.72. The van der Waals surface area contributed by atoms with E-state index in [1.165, 1.54) is 12.1 Å². The smallest absolute Gasteiger partial charge is 0.282 e. The minimum absolute atomic E-state index is 0.0804. The molecule has 0 heterocycles. The second-order valence-corrected chi connectivity index (χ2v) is 4.62. The van der Waals surface area contributed by atoms with Crippen LogP contribution in [0.5, 0.6) is 0 Å². The molecule has 0 saturated heterocycles. The monoisotopic (exact) mass is 284 g/mol. The first-order chi connectivity index (χ1) is 10.1. The number of benzene rings is 2. The lowest BCUT2D eigenvalue weighted by Crippen LogP contribution is -2.28. The summed E-state index contributed by atoms with van der Waals surface area (Å²) in [5.74, 6) is -0.432. The quantitative estimate of drug-likeness (QED) is 0.675. The largest absolute Gasteiger partial charge is 0.345 e. The fraction of sp³-hybridized carbons (Fsp3) is 0.188. The number of hydrogen-bond acceptors (Lipinski definition) is 3. The van der Waals surface area contributed by atoms with Crippen molar-refractivity contribution >= 4 is 11.6 Å². The molecule has 2 rings (SSSR count). The van der Waals surface area contributed by atoms with Gasteiger partial charge >= 0.3 is 0 Å². The average molecular weight is 284 g/mol. The number of nitrogens with one attached hydrogen (secondary N) is 1. The van der Waals surface area contributed by atoms with Gasteiger partial charge < -0.3 is 5.32 Å². The maximum absolute atomic E-state index is 12.3. The fourth-order valence-corrected chi connectivity index (χ4v) is 2.17. The van der Waals surface area contributed by atoms with Gasteiger partial charge in [0.05, 0.1) is 11.0 Å². The molecule has 0 saturated carbocycles. The molecule has 0 radical (unpaired) electrons. The Labute approximate surface area is 122 Å². The van der Waals surface area contributed by atoms with Crippen LogP contribution in [-0.2, 0) is 0 Å². The zero-order valence-electron chi connectivity index (χ0n) is 11.7. The highest BCUT2D eigenvalue weighted by Gasteiger charge is 2.21. The van der Waals surface area contributed by atoms with Crippen LogP contribution in [0, 0.1) is 10.1 Å². The summed E-state index contributed by atoms with van der Waals surface area (Å²) >= 11 is 0. The molecule has 0 aliphatic rings. The second kappa shape index (κ2) is 6.65. The van der Waals surface area contributed by atoms with Gasteiger partial charge in [0, 0.05) is 6.07 Å². The molecule has 0 aromatic heterocycles. The van der Waals surface area contributed by atoms with E-state index in [2.05, 4.69) is 5.32 Å². The summed E-state index contributed by atoms with van der Waals surface area (Å²) in [6, 6.07) is 15.3. The maximum atomic E-state index is 12.3. The molecule has 0 aliphatic carbocycles. The Kier molecular flexibility index (Phi) is 4.66. The van der Waals surface area contributed by atoms with E-state index in [-0.39, 0.29) is 17.3 Å². The van der Waals surface area contributed by atoms with Crippen molar-refractivity contribution in [1.82, 2.24) is 5.32 Å². The van der Waals surface area contributed by atoms with Crippen molar-refractivity contribution in [2.24, 2.45) is 0 Å². The number of para-hydroxylation sites is 1. The molecule has 108 valence electrons. The summed E-state index contributed by atoms with van der Waals surface area (Å²) in [7, 11) is 0. The number of carbonyl (C=O) groups is 1. The van der Waals surface area contributed by atoms with Crippen molar-refractivity contribution in [2.45, 2.75) is 19.4 Å². The van der Waals surface area contributed by atoms with Gasteiger partial charge in [0.2, 0.25) is 0 Å². The van der Waals surface area contributed by atoms with Crippen LogP contribution in [0.4, 0.5) is 5.69 Å². The van der Waals surface area contributed by atoms with Crippen LogP contribution in [0.2, 0.25) is 0 Å². The third-order valence-electron chi connectivity index (χ3n) is 3.26. The van der Waals surface area contributed by atoms with Gasteiger partial charge in [0.25, 0.3) is 11.6 Å². The zero-order chi connectivity index (χ0) is 15.2. The standard InChI is InChI=1S/C16H16N2O3/c1-2-14(12-8-4-3-5-9-12)17-16(19)13-10-6-7-11-15(13)18(20)21/h3-11,14H,2H2,1H3,(H,17,19). The third-order valence-corrected chi connectivity index (χ3v) is 3.26. The summed E-state index contributed by atoms with van der Waals surface area (Å²) in [5, 5.41) is 13.8.